The van der Waals surface area contributed by atoms with Crippen molar-refractivity contribution in [3.8, 4) is 5.75 Å². The van der Waals surface area contributed by atoms with Crippen LogP contribution in [0.4, 0.5) is 0 Å². The molecular weight excluding hydrogens is 318 g/mol. The second-order valence-corrected chi connectivity index (χ2v) is 6.23. The largest absolute Gasteiger partial charge is 0.481 e. The molecule has 1 aliphatic heterocycles. The van der Waals surface area contributed by atoms with Crippen molar-refractivity contribution in [1.82, 2.24) is 4.90 Å². The molecule has 2 aromatic carbocycles. The summed E-state index contributed by atoms with van der Waals surface area (Å²) in [4.78, 5) is 26.1. The van der Waals surface area contributed by atoms with Crippen molar-refractivity contribution in [2.24, 2.45) is 5.92 Å². The van der Waals surface area contributed by atoms with Crippen LogP contribution in [0.25, 0.3) is 0 Å². The highest BCUT2D eigenvalue weighted by molar-refractivity contribution is 5.84. The Morgan fingerprint density at radius 3 is 2.24 bits per heavy atom. The van der Waals surface area contributed by atoms with Crippen LogP contribution < -0.4 is 4.74 Å². The zero-order chi connectivity index (χ0) is 17.8. The Morgan fingerprint density at radius 2 is 1.68 bits per heavy atom. The summed E-state index contributed by atoms with van der Waals surface area (Å²) in [5.41, 5.74) is 0.752. The standard InChI is InChI=1S/C20H21NO4/c1-14-17(20(23)24)12-13-21(14)19(22)18(15-8-4-2-5-9-15)25-16-10-6-3-7-11-16/h2-11,14,17-18H,12-13H2,1H3,(H,23,24). The number of aliphatic carboxylic acids is 1. The van der Waals surface area contributed by atoms with Crippen LogP contribution in [0.5, 0.6) is 5.75 Å². The van der Waals surface area contributed by atoms with Gasteiger partial charge in [-0.2, -0.15) is 0 Å². The van der Waals surface area contributed by atoms with Gasteiger partial charge in [0.2, 0.25) is 6.10 Å². The maximum atomic E-state index is 13.1. The quantitative estimate of drug-likeness (QED) is 0.909. The summed E-state index contributed by atoms with van der Waals surface area (Å²) in [7, 11) is 0. The van der Waals surface area contributed by atoms with Crippen LogP contribution in [0.3, 0.4) is 0 Å². The van der Waals surface area contributed by atoms with E-state index in [-0.39, 0.29) is 11.9 Å². The molecule has 3 unspecified atom stereocenters. The van der Waals surface area contributed by atoms with Crippen molar-refractivity contribution in [3.05, 3.63) is 66.2 Å². The van der Waals surface area contributed by atoms with Gasteiger partial charge in [-0.3, -0.25) is 9.59 Å². The van der Waals surface area contributed by atoms with Gasteiger partial charge in [0.1, 0.15) is 5.75 Å². The van der Waals surface area contributed by atoms with Gasteiger partial charge in [0.05, 0.1) is 5.92 Å². The van der Waals surface area contributed by atoms with Crippen molar-refractivity contribution in [1.29, 1.82) is 0 Å². The fourth-order valence-electron chi connectivity index (χ4n) is 3.26. The highest BCUT2D eigenvalue weighted by Gasteiger charge is 2.41. The average molecular weight is 339 g/mol. The third-order valence-electron chi connectivity index (χ3n) is 4.68. The summed E-state index contributed by atoms with van der Waals surface area (Å²) in [6.45, 7) is 2.21. The van der Waals surface area contributed by atoms with Gasteiger partial charge >= 0.3 is 5.97 Å². The highest BCUT2D eigenvalue weighted by atomic mass is 16.5. The average Bonchev–Trinajstić information content (AvgIpc) is 3.02. The number of para-hydroxylation sites is 1. The number of ether oxygens (including phenoxy) is 1. The second-order valence-electron chi connectivity index (χ2n) is 6.23. The lowest BCUT2D eigenvalue weighted by molar-refractivity contribution is -0.144. The third kappa shape index (κ3) is 3.65. The molecule has 0 spiro atoms. The van der Waals surface area contributed by atoms with Crippen molar-refractivity contribution in [2.75, 3.05) is 6.54 Å². The molecule has 1 N–H and O–H groups in total. The number of hydrogen-bond donors (Lipinski definition) is 1. The molecule has 5 nitrogen and oxygen atoms in total. The monoisotopic (exact) mass is 339 g/mol. The predicted molar refractivity (Wildman–Crippen MR) is 93.2 cm³/mol. The Bertz CT molecular complexity index is 732. The first-order valence-electron chi connectivity index (χ1n) is 8.38. The minimum atomic E-state index is -0.858. The molecule has 1 saturated heterocycles. The lowest BCUT2D eigenvalue weighted by Crippen LogP contribution is -2.41. The minimum absolute atomic E-state index is 0.202. The maximum Gasteiger partial charge on any atom is 0.308 e. The normalized spacial score (nSPS) is 20.9. The van der Waals surface area contributed by atoms with Gasteiger partial charge in [-0.25, -0.2) is 0 Å². The van der Waals surface area contributed by atoms with E-state index in [1.54, 1.807) is 24.0 Å². The first kappa shape index (κ1) is 17.0. The molecule has 0 saturated carbocycles. The predicted octanol–water partition coefficient (Wildman–Crippen LogP) is 3.13. The molecule has 0 radical (unpaired) electrons. The molecule has 1 heterocycles. The van der Waals surface area contributed by atoms with E-state index in [1.807, 2.05) is 48.5 Å². The summed E-state index contributed by atoms with van der Waals surface area (Å²) in [5, 5.41) is 9.30. The summed E-state index contributed by atoms with van der Waals surface area (Å²) < 4.78 is 5.98. The Labute approximate surface area is 146 Å². The van der Waals surface area contributed by atoms with Crippen LogP contribution in [0, 0.1) is 5.92 Å². The van der Waals surface area contributed by atoms with Gasteiger partial charge in [0.15, 0.2) is 0 Å². The van der Waals surface area contributed by atoms with Crippen LogP contribution in [-0.2, 0) is 9.59 Å². The third-order valence-corrected chi connectivity index (χ3v) is 4.68. The number of benzene rings is 2. The van der Waals surface area contributed by atoms with Gasteiger partial charge in [-0.15, -0.1) is 0 Å². The molecule has 1 amide bonds. The molecule has 1 aliphatic rings. The molecule has 2 aromatic rings. The van der Waals surface area contributed by atoms with Gasteiger partial charge < -0.3 is 14.7 Å². The number of carboxylic acids is 1. The van der Waals surface area contributed by atoms with Crippen LogP contribution in [0.1, 0.15) is 25.0 Å². The Hall–Kier alpha value is -2.82. The number of carbonyl (C=O) groups is 2. The zero-order valence-corrected chi connectivity index (χ0v) is 14.0. The number of nitrogens with zero attached hydrogens (tertiary/aromatic N) is 1. The topological polar surface area (TPSA) is 66.8 Å². The number of likely N-dealkylation sites (tertiary alicyclic amines) is 1. The molecule has 3 atom stereocenters. The first-order chi connectivity index (χ1) is 12.1. The van der Waals surface area contributed by atoms with Crippen LogP contribution >= 0.6 is 0 Å². The van der Waals surface area contributed by atoms with E-state index >= 15 is 0 Å². The molecule has 0 bridgehead atoms. The summed E-state index contributed by atoms with van der Waals surface area (Å²) in [6.07, 6.45) is -0.326. The van der Waals surface area contributed by atoms with E-state index in [9.17, 15) is 14.7 Å². The van der Waals surface area contributed by atoms with Crippen molar-refractivity contribution in [3.63, 3.8) is 0 Å². The van der Waals surface area contributed by atoms with Crippen molar-refractivity contribution in [2.45, 2.75) is 25.5 Å². The van der Waals surface area contributed by atoms with Gasteiger partial charge in [0.25, 0.3) is 5.91 Å². The Balaban J connectivity index is 1.87. The number of carbonyl (C=O) groups excluding carboxylic acids is 1. The number of rotatable bonds is 5. The molecule has 130 valence electrons. The number of amides is 1. The fraction of sp³-hybridized carbons (Fsp3) is 0.300. The lowest BCUT2D eigenvalue weighted by Gasteiger charge is -2.28. The molecule has 1 fully saturated rings. The van der Waals surface area contributed by atoms with E-state index in [0.717, 1.165) is 5.56 Å². The van der Waals surface area contributed by atoms with E-state index in [1.165, 1.54) is 0 Å². The molecular formula is C20H21NO4. The smallest absolute Gasteiger partial charge is 0.308 e. The zero-order valence-electron chi connectivity index (χ0n) is 14.0. The SMILES string of the molecule is CC1C(C(=O)O)CCN1C(=O)C(Oc1ccccc1)c1ccccc1. The first-order valence-corrected chi connectivity index (χ1v) is 8.38. The van der Waals surface area contributed by atoms with E-state index in [4.69, 9.17) is 4.74 Å². The van der Waals surface area contributed by atoms with Crippen molar-refractivity contribution < 1.29 is 19.4 Å². The maximum absolute atomic E-state index is 13.1. The van der Waals surface area contributed by atoms with Gasteiger partial charge in [-0.1, -0.05) is 48.5 Å². The Kier molecular flexibility index (Phi) is 5.03. The summed E-state index contributed by atoms with van der Waals surface area (Å²) >= 11 is 0. The summed E-state index contributed by atoms with van der Waals surface area (Å²) in [6, 6.07) is 18.1. The van der Waals surface area contributed by atoms with E-state index in [2.05, 4.69) is 0 Å². The number of hydrogen-bond acceptors (Lipinski definition) is 3. The Morgan fingerprint density at radius 1 is 1.08 bits per heavy atom. The van der Waals surface area contributed by atoms with Crippen molar-refractivity contribution >= 4 is 11.9 Å². The molecule has 3 rings (SSSR count). The fourth-order valence-corrected chi connectivity index (χ4v) is 3.26. The molecule has 0 aliphatic carbocycles. The van der Waals surface area contributed by atoms with Crippen LogP contribution in [0.15, 0.2) is 60.7 Å². The van der Waals surface area contributed by atoms with Crippen LogP contribution in [0.2, 0.25) is 0 Å². The van der Waals surface area contributed by atoms with E-state index in [0.29, 0.717) is 18.7 Å². The lowest BCUT2D eigenvalue weighted by atomic mass is 10.0. The van der Waals surface area contributed by atoms with Crippen LogP contribution in [-0.4, -0.2) is 34.5 Å². The van der Waals surface area contributed by atoms with E-state index < -0.39 is 18.0 Å². The second kappa shape index (κ2) is 7.38. The number of carboxylic acid groups (broad SMARTS) is 1. The van der Waals surface area contributed by atoms with Gasteiger partial charge in [-0.05, 0) is 25.5 Å². The molecule has 5 heteroatoms. The van der Waals surface area contributed by atoms with Gasteiger partial charge in [0, 0.05) is 18.2 Å². The highest BCUT2D eigenvalue weighted by Crippen LogP contribution is 2.30. The minimum Gasteiger partial charge on any atom is -0.481 e. The molecule has 0 aromatic heterocycles. The summed E-state index contributed by atoms with van der Waals surface area (Å²) in [5.74, 6) is -0.988. The molecule has 25 heavy (non-hydrogen) atoms.